The number of fused-ring (bicyclic) bond motifs is 1. The molecule has 1 N–H and O–H groups in total. The van der Waals surface area contributed by atoms with Gasteiger partial charge in [-0.15, -0.1) is 0 Å². The zero-order valence-electron chi connectivity index (χ0n) is 6.89. The van der Waals surface area contributed by atoms with Crippen LogP contribution in [-0.4, -0.2) is 4.98 Å². The fraction of sp³-hybridized carbons (Fsp3) is 0.200. The summed E-state index contributed by atoms with van der Waals surface area (Å²) in [5.74, 6) is 0. The maximum atomic E-state index is 6.00. The minimum Gasteiger partial charge on any atom is -0.360 e. The van der Waals surface area contributed by atoms with Gasteiger partial charge in [-0.2, -0.15) is 0 Å². The summed E-state index contributed by atoms with van der Waals surface area (Å²) in [6.07, 6.45) is 2.97. The van der Waals surface area contributed by atoms with E-state index in [0.29, 0.717) is 0 Å². The first-order valence-corrected chi connectivity index (χ1v) is 4.45. The highest BCUT2D eigenvalue weighted by Crippen LogP contribution is 2.25. The second-order valence-corrected chi connectivity index (χ2v) is 3.23. The summed E-state index contributed by atoms with van der Waals surface area (Å²) in [7, 11) is 0. The molecule has 0 radical (unpaired) electrons. The maximum Gasteiger partial charge on any atom is 0.0647 e. The summed E-state index contributed by atoms with van der Waals surface area (Å²) < 4.78 is 0. The maximum absolute atomic E-state index is 6.00. The monoisotopic (exact) mass is 179 g/mol. The van der Waals surface area contributed by atoms with Crippen LogP contribution >= 0.6 is 11.6 Å². The van der Waals surface area contributed by atoms with Gasteiger partial charge in [-0.1, -0.05) is 24.6 Å². The highest BCUT2D eigenvalue weighted by Gasteiger charge is 2.02. The topological polar surface area (TPSA) is 15.8 Å². The van der Waals surface area contributed by atoms with E-state index in [0.717, 1.165) is 17.0 Å². The summed E-state index contributed by atoms with van der Waals surface area (Å²) in [5, 5.41) is 2.04. The lowest BCUT2D eigenvalue weighted by atomic mass is 10.1. The first kappa shape index (κ1) is 7.69. The van der Waals surface area contributed by atoms with E-state index in [4.69, 9.17) is 11.6 Å². The van der Waals surface area contributed by atoms with Crippen LogP contribution in [0, 0.1) is 0 Å². The van der Waals surface area contributed by atoms with Gasteiger partial charge in [-0.25, -0.2) is 0 Å². The van der Waals surface area contributed by atoms with Gasteiger partial charge in [0.25, 0.3) is 0 Å². The number of hydrogen-bond acceptors (Lipinski definition) is 0. The Morgan fingerprint density at radius 1 is 1.33 bits per heavy atom. The summed E-state index contributed by atoms with van der Waals surface area (Å²) in [6.45, 7) is 2.15. The Hall–Kier alpha value is -0.950. The fourth-order valence-corrected chi connectivity index (χ4v) is 1.71. The van der Waals surface area contributed by atoms with Gasteiger partial charge in [0.1, 0.15) is 0 Å². The van der Waals surface area contributed by atoms with Crippen LogP contribution in [0.4, 0.5) is 0 Å². The molecule has 0 saturated heterocycles. The summed E-state index contributed by atoms with van der Waals surface area (Å²) in [4.78, 5) is 3.13. The molecule has 0 fully saturated rings. The van der Waals surface area contributed by atoms with Crippen LogP contribution in [0.2, 0.25) is 5.02 Å². The summed E-state index contributed by atoms with van der Waals surface area (Å²) >= 11 is 6.00. The van der Waals surface area contributed by atoms with Crippen molar-refractivity contribution in [1.82, 2.24) is 4.98 Å². The molecule has 1 nitrogen and oxygen atoms in total. The Morgan fingerprint density at radius 2 is 2.17 bits per heavy atom. The van der Waals surface area contributed by atoms with Gasteiger partial charge < -0.3 is 4.98 Å². The van der Waals surface area contributed by atoms with Gasteiger partial charge in [0.2, 0.25) is 0 Å². The normalized spacial score (nSPS) is 10.8. The minimum atomic E-state index is 0.798. The first-order valence-electron chi connectivity index (χ1n) is 4.07. The highest BCUT2D eigenvalue weighted by atomic mass is 35.5. The number of hydrogen-bond donors (Lipinski definition) is 1. The molecule has 2 heteroatoms. The molecular weight excluding hydrogens is 170 g/mol. The minimum absolute atomic E-state index is 0.798. The molecule has 0 atom stereocenters. The standard InChI is InChI=1S/C10H10ClN/c1-2-7-3-4-9(11)10-8(7)5-6-12-10/h3-6,12H,2H2,1H3. The van der Waals surface area contributed by atoms with Crippen molar-refractivity contribution >= 4 is 22.5 Å². The number of nitrogens with one attached hydrogen (secondary N) is 1. The van der Waals surface area contributed by atoms with Gasteiger partial charge in [0.15, 0.2) is 0 Å². The van der Waals surface area contributed by atoms with Crippen molar-refractivity contribution in [1.29, 1.82) is 0 Å². The van der Waals surface area contributed by atoms with Crippen LogP contribution in [0.1, 0.15) is 12.5 Å². The van der Waals surface area contributed by atoms with Crippen molar-refractivity contribution in [3.05, 3.63) is 35.0 Å². The van der Waals surface area contributed by atoms with Crippen molar-refractivity contribution in [2.45, 2.75) is 13.3 Å². The van der Waals surface area contributed by atoms with Crippen molar-refractivity contribution in [3.8, 4) is 0 Å². The Morgan fingerprint density at radius 3 is 2.92 bits per heavy atom. The van der Waals surface area contributed by atoms with Gasteiger partial charge in [-0.3, -0.25) is 0 Å². The zero-order valence-corrected chi connectivity index (χ0v) is 7.65. The average Bonchev–Trinajstić information content (AvgIpc) is 2.54. The van der Waals surface area contributed by atoms with E-state index in [1.165, 1.54) is 10.9 Å². The third kappa shape index (κ3) is 1.01. The molecule has 0 spiro atoms. The molecule has 2 aromatic rings. The van der Waals surface area contributed by atoms with E-state index >= 15 is 0 Å². The molecule has 2 rings (SSSR count). The van der Waals surface area contributed by atoms with Crippen LogP contribution in [0.25, 0.3) is 10.9 Å². The predicted octanol–water partition coefficient (Wildman–Crippen LogP) is 3.38. The number of halogens is 1. The molecule has 12 heavy (non-hydrogen) atoms. The number of aromatic amines is 1. The molecule has 0 aliphatic heterocycles. The lowest BCUT2D eigenvalue weighted by molar-refractivity contribution is 1.16. The lowest BCUT2D eigenvalue weighted by Crippen LogP contribution is -1.81. The van der Waals surface area contributed by atoms with Crippen molar-refractivity contribution < 1.29 is 0 Å². The predicted molar refractivity (Wildman–Crippen MR) is 52.7 cm³/mol. The van der Waals surface area contributed by atoms with E-state index in [1.54, 1.807) is 0 Å². The third-order valence-electron chi connectivity index (χ3n) is 2.14. The quantitative estimate of drug-likeness (QED) is 0.691. The molecule has 1 heterocycles. The van der Waals surface area contributed by atoms with Gasteiger partial charge in [-0.05, 0) is 24.1 Å². The second kappa shape index (κ2) is 2.83. The van der Waals surface area contributed by atoms with Crippen molar-refractivity contribution in [2.24, 2.45) is 0 Å². The molecule has 1 aromatic heterocycles. The molecule has 62 valence electrons. The molecule has 0 aliphatic rings. The molecular formula is C10H10ClN. The average molecular weight is 180 g/mol. The SMILES string of the molecule is CCc1ccc(Cl)c2[nH]ccc12. The zero-order chi connectivity index (χ0) is 8.55. The van der Waals surface area contributed by atoms with Gasteiger partial charge in [0, 0.05) is 11.6 Å². The Bertz CT molecular complexity index is 403. The van der Waals surface area contributed by atoms with Crippen LogP contribution in [0.3, 0.4) is 0 Å². The number of benzene rings is 1. The molecule has 0 unspecified atom stereocenters. The number of rotatable bonds is 1. The lowest BCUT2D eigenvalue weighted by Gasteiger charge is -2.00. The van der Waals surface area contributed by atoms with Gasteiger partial charge in [0.05, 0.1) is 10.5 Å². The third-order valence-corrected chi connectivity index (χ3v) is 2.46. The van der Waals surface area contributed by atoms with E-state index in [9.17, 15) is 0 Å². The Kier molecular flexibility index (Phi) is 1.81. The Labute approximate surface area is 76.4 Å². The number of aryl methyl sites for hydroxylation is 1. The second-order valence-electron chi connectivity index (χ2n) is 2.83. The first-order chi connectivity index (χ1) is 5.83. The van der Waals surface area contributed by atoms with E-state index in [-0.39, 0.29) is 0 Å². The number of aromatic nitrogens is 1. The largest absolute Gasteiger partial charge is 0.360 e. The summed E-state index contributed by atoms with van der Waals surface area (Å²) in [5.41, 5.74) is 2.40. The van der Waals surface area contributed by atoms with E-state index < -0.39 is 0 Å². The van der Waals surface area contributed by atoms with Crippen molar-refractivity contribution in [2.75, 3.05) is 0 Å². The molecule has 0 aliphatic carbocycles. The molecule has 0 amide bonds. The van der Waals surface area contributed by atoms with E-state index in [2.05, 4.69) is 24.0 Å². The number of H-pyrrole nitrogens is 1. The van der Waals surface area contributed by atoms with Crippen LogP contribution < -0.4 is 0 Å². The van der Waals surface area contributed by atoms with Crippen molar-refractivity contribution in [3.63, 3.8) is 0 Å². The van der Waals surface area contributed by atoms with Gasteiger partial charge >= 0.3 is 0 Å². The molecule has 1 aromatic carbocycles. The highest BCUT2D eigenvalue weighted by molar-refractivity contribution is 6.35. The Balaban J connectivity index is 2.82. The van der Waals surface area contributed by atoms with E-state index in [1.807, 2.05) is 12.3 Å². The molecule has 0 saturated carbocycles. The van der Waals surface area contributed by atoms with Crippen LogP contribution in [0.15, 0.2) is 24.4 Å². The smallest absolute Gasteiger partial charge is 0.0647 e. The fourth-order valence-electron chi connectivity index (χ4n) is 1.49. The van der Waals surface area contributed by atoms with Crippen LogP contribution in [-0.2, 0) is 6.42 Å². The molecule has 0 bridgehead atoms. The van der Waals surface area contributed by atoms with Crippen LogP contribution in [0.5, 0.6) is 0 Å². The summed E-state index contributed by atoms with van der Waals surface area (Å²) in [6, 6.07) is 6.10.